The van der Waals surface area contributed by atoms with Crippen LogP contribution < -0.4 is 5.32 Å². The van der Waals surface area contributed by atoms with Crippen molar-refractivity contribution >= 4 is 23.3 Å². The second-order valence-electron chi connectivity index (χ2n) is 7.64. The summed E-state index contributed by atoms with van der Waals surface area (Å²) < 4.78 is 23.6. The molecule has 1 atom stereocenters. The molecule has 3 rings (SSSR count). The summed E-state index contributed by atoms with van der Waals surface area (Å²) in [6, 6.07) is 6.72. The van der Waals surface area contributed by atoms with Crippen molar-refractivity contribution in [3.05, 3.63) is 59.0 Å². The summed E-state index contributed by atoms with van der Waals surface area (Å²) in [7, 11) is 3.57. The van der Waals surface area contributed by atoms with Crippen LogP contribution in [0.1, 0.15) is 35.1 Å². The average molecular weight is 478 g/mol. The third kappa shape index (κ3) is 7.21. The molecule has 176 valence electrons. The molecule has 11 heteroatoms. The zero-order chi connectivity index (χ0) is 23.8. The fraction of sp³-hybridized carbons (Fsp3) is 0.364. The van der Waals surface area contributed by atoms with Crippen molar-refractivity contribution in [3.8, 4) is 11.4 Å². The van der Waals surface area contributed by atoms with Crippen LogP contribution in [0.2, 0.25) is 5.15 Å². The Bertz CT molecular complexity index is 1050. The van der Waals surface area contributed by atoms with Gasteiger partial charge in [0.25, 0.3) is 0 Å². The number of imidazole rings is 1. The van der Waals surface area contributed by atoms with E-state index in [2.05, 4.69) is 25.0 Å². The molecule has 2 heterocycles. The molecular weight excluding hydrogens is 453 g/mol. The fourth-order valence-electron chi connectivity index (χ4n) is 3.09. The maximum atomic E-state index is 13.2. The summed E-state index contributed by atoms with van der Waals surface area (Å²) in [5.41, 5.74) is 1.40. The molecule has 1 amide bonds. The van der Waals surface area contributed by atoms with E-state index in [1.807, 2.05) is 0 Å². The van der Waals surface area contributed by atoms with E-state index in [1.54, 1.807) is 31.1 Å². The molecule has 1 aromatic carbocycles. The Hall–Kier alpha value is -3.08. The monoisotopic (exact) mass is 477 g/mol. The Morgan fingerprint density at radius 1 is 1.27 bits per heavy atom. The molecule has 0 fully saturated rings. The van der Waals surface area contributed by atoms with Gasteiger partial charge in [0.1, 0.15) is 23.6 Å². The Morgan fingerprint density at radius 2 is 2.03 bits per heavy atom. The zero-order valence-electron chi connectivity index (χ0n) is 18.3. The Balaban J connectivity index is 1.64. The van der Waals surface area contributed by atoms with Gasteiger partial charge < -0.3 is 24.5 Å². The number of aromatic nitrogens is 3. The smallest absolute Gasteiger partial charge is 0.234 e. The second kappa shape index (κ2) is 11.7. The van der Waals surface area contributed by atoms with Gasteiger partial charge in [-0.25, -0.2) is 9.37 Å². The lowest BCUT2D eigenvalue weighted by Gasteiger charge is -2.19. The number of aromatic amines is 1. The van der Waals surface area contributed by atoms with Crippen molar-refractivity contribution in [2.45, 2.75) is 18.9 Å². The number of H-pyrrole nitrogens is 1. The molecule has 0 aliphatic heterocycles. The lowest BCUT2D eigenvalue weighted by Crippen LogP contribution is -2.38. The van der Waals surface area contributed by atoms with Crippen molar-refractivity contribution < 1.29 is 23.2 Å². The normalized spacial score (nSPS) is 12.2. The molecule has 0 saturated heterocycles. The van der Waals surface area contributed by atoms with E-state index < -0.39 is 6.04 Å². The Kier molecular flexibility index (Phi) is 8.70. The van der Waals surface area contributed by atoms with E-state index in [1.165, 1.54) is 24.5 Å². The molecule has 0 radical (unpaired) electrons. The van der Waals surface area contributed by atoms with Crippen LogP contribution in [0.3, 0.4) is 0 Å². The van der Waals surface area contributed by atoms with Gasteiger partial charge in [-0.2, -0.15) is 0 Å². The largest absolute Gasteiger partial charge is 0.379 e. The maximum Gasteiger partial charge on any atom is 0.234 e. The Labute approximate surface area is 195 Å². The molecular formula is C22H25ClFN5O4. The summed E-state index contributed by atoms with van der Waals surface area (Å²) in [5, 5.41) is 6.68. The minimum absolute atomic E-state index is 0.113. The summed E-state index contributed by atoms with van der Waals surface area (Å²) in [6.07, 6.45) is 2.07. The highest BCUT2D eigenvalue weighted by Gasteiger charge is 2.22. The highest BCUT2D eigenvalue weighted by molar-refractivity contribution is 6.30. The van der Waals surface area contributed by atoms with Gasteiger partial charge in [0, 0.05) is 24.7 Å². The van der Waals surface area contributed by atoms with E-state index in [9.17, 15) is 14.0 Å². The molecule has 3 aromatic rings. The molecule has 2 aromatic heterocycles. The number of nitrogens with one attached hydrogen (secondary N) is 2. The number of carbonyl (C=O) groups excluding carboxylic acids is 2. The number of ketones is 1. The topological polar surface area (TPSA) is 113 Å². The van der Waals surface area contributed by atoms with Gasteiger partial charge in [0.2, 0.25) is 5.91 Å². The number of Topliss-reactive ketones (excluding diaryl/α,β-unsaturated/α-hetero) is 1. The van der Waals surface area contributed by atoms with Gasteiger partial charge in [-0.3, -0.25) is 9.59 Å². The first-order chi connectivity index (χ1) is 15.8. The first-order valence-electron chi connectivity index (χ1n) is 10.3. The summed E-state index contributed by atoms with van der Waals surface area (Å²) in [6.45, 7) is 0.585. The quantitative estimate of drug-likeness (QED) is 0.304. The molecule has 0 aliphatic carbocycles. The SMILES string of the molecule is CN(C)CC(=O)NC(COCCCC(=O)c1ccon1)c1[nH]c(-c2ccc(F)cc2)nc1Cl. The van der Waals surface area contributed by atoms with E-state index in [-0.39, 0.29) is 47.9 Å². The number of halogens is 2. The third-order valence-electron chi connectivity index (χ3n) is 4.65. The maximum absolute atomic E-state index is 13.2. The van der Waals surface area contributed by atoms with Crippen LogP contribution in [0.5, 0.6) is 0 Å². The standard InChI is InChI=1S/C22H25ClFN5O4/c1-29(2)12-19(31)25-17(13-32-10-3-4-18(30)16-9-11-33-28-16)20-21(23)27-22(26-20)14-5-7-15(24)8-6-14/h5-9,11,17H,3-4,10,12-13H2,1-2H3,(H,25,31)(H,26,27). The highest BCUT2D eigenvalue weighted by Crippen LogP contribution is 2.26. The van der Waals surface area contributed by atoms with Gasteiger partial charge in [-0.05, 0) is 44.8 Å². The molecule has 0 saturated carbocycles. The van der Waals surface area contributed by atoms with Crippen LogP contribution in [0, 0.1) is 5.82 Å². The zero-order valence-corrected chi connectivity index (χ0v) is 19.1. The van der Waals surface area contributed by atoms with E-state index in [0.29, 0.717) is 30.1 Å². The van der Waals surface area contributed by atoms with Crippen molar-refractivity contribution in [2.75, 3.05) is 33.9 Å². The summed E-state index contributed by atoms with van der Waals surface area (Å²) in [4.78, 5) is 33.5. The van der Waals surface area contributed by atoms with Crippen molar-refractivity contribution in [3.63, 3.8) is 0 Å². The molecule has 2 N–H and O–H groups in total. The van der Waals surface area contributed by atoms with Crippen LogP contribution in [-0.2, 0) is 9.53 Å². The number of likely N-dealkylation sites (N-methyl/N-ethyl adjacent to an activating group) is 1. The number of rotatable bonds is 12. The van der Waals surface area contributed by atoms with Crippen molar-refractivity contribution in [1.29, 1.82) is 0 Å². The molecule has 33 heavy (non-hydrogen) atoms. The average Bonchev–Trinajstić information content (AvgIpc) is 3.43. The van der Waals surface area contributed by atoms with Crippen LogP contribution in [0.25, 0.3) is 11.4 Å². The first kappa shape index (κ1) is 24.6. The summed E-state index contributed by atoms with van der Waals surface area (Å²) in [5.74, 6) is -0.270. The lowest BCUT2D eigenvalue weighted by atomic mass is 10.2. The van der Waals surface area contributed by atoms with Crippen LogP contribution in [-0.4, -0.2) is 65.6 Å². The lowest BCUT2D eigenvalue weighted by molar-refractivity contribution is -0.123. The molecule has 1 unspecified atom stereocenters. The number of hydrogen-bond acceptors (Lipinski definition) is 7. The van der Waals surface area contributed by atoms with Crippen LogP contribution in [0.15, 0.2) is 41.1 Å². The minimum Gasteiger partial charge on any atom is -0.379 e. The van der Waals surface area contributed by atoms with Gasteiger partial charge >= 0.3 is 0 Å². The predicted octanol–water partition coefficient (Wildman–Crippen LogP) is 3.26. The third-order valence-corrected chi connectivity index (χ3v) is 4.94. The number of amides is 1. The van der Waals surface area contributed by atoms with Crippen molar-refractivity contribution in [2.24, 2.45) is 0 Å². The van der Waals surface area contributed by atoms with E-state index in [4.69, 9.17) is 16.3 Å². The summed E-state index contributed by atoms with van der Waals surface area (Å²) >= 11 is 6.35. The first-order valence-corrected chi connectivity index (χ1v) is 10.7. The van der Waals surface area contributed by atoms with Gasteiger partial charge in [-0.15, -0.1) is 0 Å². The second-order valence-corrected chi connectivity index (χ2v) is 8.00. The van der Waals surface area contributed by atoms with Crippen LogP contribution in [0.4, 0.5) is 4.39 Å². The predicted molar refractivity (Wildman–Crippen MR) is 119 cm³/mol. The van der Waals surface area contributed by atoms with Gasteiger partial charge in [0.05, 0.1) is 24.9 Å². The van der Waals surface area contributed by atoms with Crippen molar-refractivity contribution in [1.82, 2.24) is 25.3 Å². The molecule has 0 bridgehead atoms. The fourth-order valence-corrected chi connectivity index (χ4v) is 3.35. The molecule has 9 nitrogen and oxygen atoms in total. The molecule has 0 aliphatic rings. The Morgan fingerprint density at radius 3 is 2.70 bits per heavy atom. The number of nitrogens with zero attached hydrogens (tertiary/aromatic N) is 3. The van der Waals surface area contributed by atoms with Gasteiger partial charge in [0.15, 0.2) is 10.9 Å². The van der Waals surface area contributed by atoms with E-state index in [0.717, 1.165) is 0 Å². The number of carbonyl (C=O) groups is 2. The minimum atomic E-state index is -0.599. The van der Waals surface area contributed by atoms with E-state index >= 15 is 0 Å². The van der Waals surface area contributed by atoms with Gasteiger partial charge in [-0.1, -0.05) is 16.8 Å². The number of ether oxygens (including phenoxy) is 1. The number of benzene rings is 1. The highest BCUT2D eigenvalue weighted by atomic mass is 35.5. The number of hydrogen-bond donors (Lipinski definition) is 2. The molecule has 0 spiro atoms. The van der Waals surface area contributed by atoms with Crippen LogP contribution >= 0.6 is 11.6 Å².